The number of benzene rings is 1. The molecule has 0 aliphatic rings. The molecule has 2 N–H and O–H groups in total. The van der Waals surface area contributed by atoms with E-state index in [0.717, 1.165) is 12.1 Å². The van der Waals surface area contributed by atoms with E-state index in [2.05, 4.69) is 15.9 Å². The highest BCUT2D eigenvalue weighted by atomic mass is 79.9. The third kappa shape index (κ3) is 2.43. The fourth-order valence-electron chi connectivity index (χ4n) is 1.01. The fourth-order valence-corrected chi connectivity index (χ4v) is 2.09. The third-order valence-electron chi connectivity index (χ3n) is 1.68. The highest BCUT2D eigenvalue weighted by Crippen LogP contribution is 2.38. The lowest BCUT2D eigenvalue weighted by molar-refractivity contribution is -0.138. The molecule has 0 heterocycles. The second-order valence-corrected chi connectivity index (χ2v) is 3.80. The minimum Gasteiger partial charge on any atom is -0.398 e. The monoisotopic (exact) mass is 301 g/mol. The van der Waals surface area contributed by atoms with Gasteiger partial charge in [-0.1, -0.05) is 0 Å². The summed E-state index contributed by atoms with van der Waals surface area (Å²) in [6, 6.07) is 1.77. The number of hydrogen-bond donors (Lipinski definition) is 1. The molecule has 0 saturated heterocycles. The molecule has 15 heavy (non-hydrogen) atoms. The summed E-state index contributed by atoms with van der Waals surface area (Å²) in [5.74, 6) is 0. The zero-order chi connectivity index (χ0) is 11.8. The van der Waals surface area contributed by atoms with E-state index in [1.807, 2.05) is 0 Å². The Bertz CT molecular complexity index is 419. The van der Waals surface area contributed by atoms with Crippen molar-refractivity contribution in [3.05, 3.63) is 27.7 Å². The van der Waals surface area contributed by atoms with E-state index in [4.69, 9.17) is 17.3 Å². The Kier molecular flexibility index (Phi) is 3.30. The summed E-state index contributed by atoms with van der Waals surface area (Å²) in [7, 11) is 0. The maximum Gasteiger partial charge on any atom is 0.417 e. The average Bonchev–Trinajstić information content (AvgIpc) is 2.00. The van der Waals surface area contributed by atoms with Gasteiger partial charge in [0.15, 0.2) is 0 Å². The van der Waals surface area contributed by atoms with Gasteiger partial charge in [-0.3, -0.25) is 4.79 Å². The molecule has 0 aromatic heterocycles. The molecule has 0 unspecified atom stereocenters. The van der Waals surface area contributed by atoms with Crippen LogP contribution in [0, 0.1) is 0 Å². The molecule has 0 saturated carbocycles. The van der Waals surface area contributed by atoms with E-state index in [-0.39, 0.29) is 11.3 Å². The zero-order valence-electron chi connectivity index (χ0n) is 7.03. The van der Waals surface area contributed by atoms with Gasteiger partial charge in [0.1, 0.15) is 0 Å². The molecule has 2 nitrogen and oxygen atoms in total. The number of halogens is 5. The van der Waals surface area contributed by atoms with Crippen molar-refractivity contribution < 1.29 is 18.0 Å². The molecule has 0 fully saturated rings. The summed E-state index contributed by atoms with van der Waals surface area (Å²) >= 11 is 7.78. The van der Waals surface area contributed by atoms with E-state index in [9.17, 15) is 18.0 Å². The number of carbonyl (C=O) groups is 1. The zero-order valence-corrected chi connectivity index (χ0v) is 9.37. The fraction of sp³-hybridized carbons (Fsp3) is 0.125. The van der Waals surface area contributed by atoms with Gasteiger partial charge in [-0.05, 0) is 39.7 Å². The molecule has 0 aliphatic heterocycles. The van der Waals surface area contributed by atoms with Crippen molar-refractivity contribution >= 4 is 38.5 Å². The van der Waals surface area contributed by atoms with Crippen molar-refractivity contribution in [2.24, 2.45) is 0 Å². The van der Waals surface area contributed by atoms with Crippen LogP contribution in [-0.2, 0) is 6.18 Å². The Balaban J connectivity index is 3.49. The number of nitrogen functional groups attached to an aromatic ring is 1. The number of carbonyl (C=O) groups excluding carboxylic acids is 1. The quantitative estimate of drug-likeness (QED) is 0.638. The standard InChI is InChI=1S/C8H4BrClF3NO/c9-6-3(8(11,12)13)1-2-4(14)5(6)7(10)15/h1-2H,14H2. The number of nitrogens with two attached hydrogens (primary N) is 1. The van der Waals surface area contributed by atoms with E-state index < -0.39 is 21.5 Å². The first-order valence-electron chi connectivity index (χ1n) is 3.60. The Morgan fingerprint density at radius 3 is 2.33 bits per heavy atom. The number of hydrogen-bond acceptors (Lipinski definition) is 2. The Morgan fingerprint density at radius 2 is 1.93 bits per heavy atom. The lowest BCUT2D eigenvalue weighted by Crippen LogP contribution is -2.10. The highest BCUT2D eigenvalue weighted by molar-refractivity contribution is 9.10. The van der Waals surface area contributed by atoms with Crippen LogP contribution >= 0.6 is 27.5 Å². The Morgan fingerprint density at radius 1 is 1.40 bits per heavy atom. The SMILES string of the molecule is Nc1ccc(C(F)(F)F)c(Br)c1C(=O)Cl. The molecule has 1 aromatic carbocycles. The smallest absolute Gasteiger partial charge is 0.398 e. The first kappa shape index (κ1) is 12.3. The molecule has 0 spiro atoms. The summed E-state index contributed by atoms with van der Waals surface area (Å²) in [6.07, 6.45) is -4.56. The summed E-state index contributed by atoms with van der Waals surface area (Å²) < 4.78 is 36.8. The van der Waals surface area contributed by atoms with Gasteiger partial charge in [0.25, 0.3) is 5.24 Å². The minimum absolute atomic E-state index is 0.102. The van der Waals surface area contributed by atoms with Gasteiger partial charge in [-0.2, -0.15) is 13.2 Å². The molecule has 82 valence electrons. The molecule has 0 aliphatic carbocycles. The molecule has 1 aromatic rings. The maximum atomic E-state index is 12.4. The molecule has 0 amide bonds. The van der Waals surface area contributed by atoms with Crippen LogP contribution in [0.1, 0.15) is 15.9 Å². The number of rotatable bonds is 1. The normalized spacial score (nSPS) is 11.5. The lowest BCUT2D eigenvalue weighted by atomic mass is 10.1. The first-order chi connectivity index (χ1) is 6.75. The van der Waals surface area contributed by atoms with Gasteiger partial charge in [0, 0.05) is 10.2 Å². The van der Waals surface area contributed by atoms with Crippen LogP contribution in [0.4, 0.5) is 18.9 Å². The topological polar surface area (TPSA) is 43.1 Å². The number of anilines is 1. The number of alkyl halides is 3. The van der Waals surface area contributed by atoms with Crippen molar-refractivity contribution in [3.63, 3.8) is 0 Å². The maximum absolute atomic E-state index is 12.4. The second-order valence-electron chi connectivity index (χ2n) is 2.66. The van der Waals surface area contributed by atoms with Crippen LogP contribution in [0.3, 0.4) is 0 Å². The van der Waals surface area contributed by atoms with Crippen molar-refractivity contribution in [1.82, 2.24) is 0 Å². The molecular formula is C8H4BrClF3NO. The van der Waals surface area contributed by atoms with Crippen molar-refractivity contribution in [1.29, 1.82) is 0 Å². The first-order valence-corrected chi connectivity index (χ1v) is 4.77. The lowest BCUT2D eigenvalue weighted by Gasteiger charge is -2.12. The molecule has 0 radical (unpaired) electrons. The summed E-state index contributed by atoms with van der Waals surface area (Å²) in [5.41, 5.74) is 3.88. The van der Waals surface area contributed by atoms with Crippen LogP contribution in [-0.4, -0.2) is 5.24 Å². The van der Waals surface area contributed by atoms with Gasteiger partial charge in [0.2, 0.25) is 0 Å². The van der Waals surface area contributed by atoms with E-state index in [1.165, 1.54) is 0 Å². The van der Waals surface area contributed by atoms with Gasteiger partial charge in [-0.25, -0.2) is 0 Å². The van der Waals surface area contributed by atoms with Gasteiger partial charge in [0.05, 0.1) is 11.1 Å². The summed E-state index contributed by atoms with van der Waals surface area (Å²) in [4.78, 5) is 10.9. The van der Waals surface area contributed by atoms with E-state index in [0.29, 0.717) is 0 Å². The van der Waals surface area contributed by atoms with E-state index in [1.54, 1.807) is 0 Å². The van der Waals surface area contributed by atoms with Crippen molar-refractivity contribution in [3.8, 4) is 0 Å². The summed E-state index contributed by atoms with van der Waals surface area (Å²) in [6.45, 7) is 0. The average molecular weight is 302 g/mol. The predicted molar refractivity (Wildman–Crippen MR) is 53.7 cm³/mol. The predicted octanol–water partition coefficient (Wildman–Crippen LogP) is 3.43. The Hall–Kier alpha value is -0.750. The van der Waals surface area contributed by atoms with Crippen LogP contribution < -0.4 is 5.73 Å². The second kappa shape index (κ2) is 4.02. The minimum atomic E-state index is -4.56. The largest absolute Gasteiger partial charge is 0.417 e. The van der Waals surface area contributed by atoms with Gasteiger partial charge >= 0.3 is 6.18 Å². The molecule has 1 rings (SSSR count). The summed E-state index contributed by atoms with van der Waals surface area (Å²) in [5, 5.41) is -1.04. The van der Waals surface area contributed by atoms with Crippen LogP contribution in [0.25, 0.3) is 0 Å². The van der Waals surface area contributed by atoms with E-state index >= 15 is 0 Å². The highest BCUT2D eigenvalue weighted by Gasteiger charge is 2.35. The van der Waals surface area contributed by atoms with Crippen molar-refractivity contribution in [2.45, 2.75) is 6.18 Å². The molecule has 0 atom stereocenters. The molecular weight excluding hydrogens is 298 g/mol. The van der Waals surface area contributed by atoms with Crippen LogP contribution in [0.15, 0.2) is 16.6 Å². The van der Waals surface area contributed by atoms with Gasteiger partial charge < -0.3 is 5.73 Å². The molecule has 7 heteroatoms. The van der Waals surface area contributed by atoms with Crippen LogP contribution in [0.2, 0.25) is 0 Å². The Labute approximate surface area is 96.3 Å². The van der Waals surface area contributed by atoms with Crippen molar-refractivity contribution in [2.75, 3.05) is 5.73 Å². The molecule has 0 bridgehead atoms. The van der Waals surface area contributed by atoms with Gasteiger partial charge in [-0.15, -0.1) is 0 Å². The third-order valence-corrected chi connectivity index (χ3v) is 2.69. The van der Waals surface area contributed by atoms with Crippen LogP contribution in [0.5, 0.6) is 0 Å².